The van der Waals surface area contributed by atoms with Crippen molar-refractivity contribution >= 4 is 45.5 Å². The van der Waals surface area contributed by atoms with Gasteiger partial charge in [0.15, 0.2) is 5.65 Å². The van der Waals surface area contributed by atoms with Crippen molar-refractivity contribution in [2.24, 2.45) is 0 Å². The van der Waals surface area contributed by atoms with Gasteiger partial charge in [-0.1, -0.05) is 32.0 Å². The summed E-state index contributed by atoms with van der Waals surface area (Å²) in [5, 5.41) is 29.9. The van der Waals surface area contributed by atoms with E-state index in [0.717, 1.165) is 72.6 Å². The monoisotopic (exact) mass is 822 g/mol. The molecule has 7 rings (SSSR count). The van der Waals surface area contributed by atoms with Crippen molar-refractivity contribution in [2.45, 2.75) is 85.7 Å². The van der Waals surface area contributed by atoms with E-state index in [0.29, 0.717) is 53.3 Å². The predicted octanol–water partition coefficient (Wildman–Crippen LogP) is 8.49. The van der Waals surface area contributed by atoms with Crippen molar-refractivity contribution in [1.29, 1.82) is 5.26 Å². The number of unbranched alkanes of at least 4 members (excludes halogenated alkanes) is 2. The Labute approximate surface area is 350 Å². The summed E-state index contributed by atoms with van der Waals surface area (Å²) in [4.78, 5) is 32.1. The van der Waals surface area contributed by atoms with E-state index in [1.54, 1.807) is 31.2 Å². The molecule has 1 atom stereocenters. The largest absolute Gasteiger partial charge is 0.478 e. The lowest BCUT2D eigenvalue weighted by atomic mass is 10.1. The van der Waals surface area contributed by atoms with Gasteiger partial charge < -0.3 is 35.1 Å². The summed E-state index contributed by atoms with van der Waals surface area (Å²) < 4.78 is 13.9. The number of fused-ring (bicyclic) bond motifs is 2. The van der Waals surface area contributed by atoms with E-state index in [-0.39, 0.29) is 31.3 Å². The Bertz CT molecular complexity index is 2370. The van der Waals surface area contributed by atoms with Crippen LogP contribution in [0.5, 0.6) is 11.8 Å². The van der Waals surface area contributed by atoms with Crippen LogP contribution in [0, 0.1) is 11.3 Å². The average molecular weight is 823 g/mol. The second-order valence-electron chi connectivity index (χ2n) is 14.1. The minimum Gasteiger partial charge on any atom is -0.478 e. The number of H-pyrrole nitrogens is 1. The number of nitriles is 1. The number of anilines is 3. The predicted molar refractivity (Wildman–Crippen MR) is 235 cm³/mol. The van der Waals surface area contributed by atoms with E-state index in [1.165, 1.54) is 19.3 Å². The second kappa shape index (κ2) is 21.7. The molecule has 59 heavy (non-hydrogen) atoms. The third kappa shape index (κ3) is 11.6. The molecule has 1 fully saturated rings. The number of aliphatic hydroxyl groups is 1. The molecule has 1 aliphatic heterocycles. The Hall–Kier alpha value is -5.91. The van der Waals surface area contributed by atoms with Crippen molar-refractivity contribution in [1.82, 2.24) is 29.5 Å². The van der Waals surface area contributed by atoms with Crippen LogP contribution < -0.4 is 30.6 Å². The van der Waals surface area contributed by atoms with Crippen LogP contribution in [0.4, 0.5) is 17.3 Å². The van der Waals surface area contributed by atoms with Crippen LogP contribution in [-0.4, -0.2) is 67.6 Å². The molecule has 0 radical (unpaired) electrons. The van der Waals surface area contributed by atoms with Gasteiger partial charge in [-0.2, -0.15) is 14.9 Å². The van der Waals surface area contributed by atoms with Crippen molar-refractivity contribution in [3.05, 3.63) is 105 Å². The number of benzene rings is 1. The number of piperidine rings is 1. The molecule has 312 valence electrons. The van der Waals surface area contributed by atoms with Gasteiger partial charge in [-0.25, -0.2) is 15.0 Å². The van der Waals surface area contributed by atoms with E-state index in [4.69, 9.17) is 31.2 Å². The number of hydrogen-bond acceptors (Lipinski definition) is 12. The highest BCUT2D eigenvalue weighted by Gasteiger charge is 2.18. The summed E-state index contributed by atoms with van der Waals surface area (Å²) in [7, 11) is 0. The number of aromatic amines is 1. The number of rotatable bonds is 16. The highest BCUT2D eigenvalue weighted by atomic mass is 35.5. The van der Waals surface area contributed by atoms with Crippen LogP contribution in [0.1, 0.15) is 95.1 Å². The standard InChI is InChI=1S/C41H45ClN10O3.C2H6O.CH4/c1-3-29-26-46-52-36(22-37(50-39(29)52)51-16-6-4-7-17-51)44-24-28-10-15-38(45-25-28)54-18-8-5-9-19-55-41-35(14-12-32(23-43)48-41)47-27(2)33-21-30-20-31(42)11-13-34(30)49-40(33)53;1-2-3;/h10-15,20-22,25-27,44,47H,3-9,16-19,24H2,1-2H3,(H,49,53);3H,2H2,1H3;1H4. The number of nitrogens with one attached hydrogen (secondary N) is 3. The fraction of sp³-hybridized carbons (Fsp3) is 0.409. The van der Waals surface area contributed by atoms with Crippen LogP contribution in [0.2, 0.25) is 5.02 Å². The summed E-state index contributed by atoms with van der Waals surface area (Å²) in [6.45, 7) is 9.52. The van der Waals surface area contributed by atoms with Gasteiger partial charge in [0.2, 0.25) is 11.8 Å². The van der Waals surface area contributed by atoms with Gasteiger partial charge in [0, 0.05) is 71.6 Å². The first-order chi connectivity index (χ1) is 28.3. The molecular formula is C44H55ClN10O4. The lowest BCUT2D eigenvalue weighted by Crippen LogP contribution is -2.30. The molecule has 6 heterocycles. The summed E-state index contributed by atoms with van der Waals surface area (Å²) in [5.41, 5.74) is 4.96. The fourth-order valence-electron chi connectivity index (χ4n) is 6.73. The average Bonchev–Trinajstić information content (AvgIpc) is 3.67. The first-order valence-electron chi connectivity index (χ1n) is 20.0. The summed E-state index contributed by atoms with van der Waals surface area (Å²) in [6, 6.07) is 18.2. The lowest BCUT2D eigenvalue weighted by Gasteiger charge is -2.28. The molecule has 0 saturated carbocycles. The number of halogens is 1. The fourth-order valence-corrected chi connectivity index (χ4v) is 6.91. The maximum atomic E-state index is 12.9. The van der Waals surface area contributed by atoms with Gasteiger partial charge in [-0.3, -0.25) is 4.79 Å². The lowest BCUT2D eigenvalue weighted by molar-refractivity contribution is 0.270. The summed E-state index contributed by atoms with van der Waals surface area (Å²) >= 11 is 6.18. The smallest absolute Gasteiger partial charge is 0.253 e. The van der Waals surface area contributed by atoms with Crippen molar-refractivity contribution < 1.29 is 14.6 Å². The zero-order chi connectivity index (χ0) is 40.9. The van der Waals surface area contributed by atoms with Gasteiger partial charge in [-0.05, 0) is 101 Å². The Kier molecular flexibility index (Phi) is 16.3. The molecule has 1 unspecified atom stereocenters. The van der Waals surface area contributed by atoms with Gasteiger partial charge in [0.25, 0.3) is 5.56 Å². The van der Waals surface area contributed by atoms with Crippen molar-refractivity contribution in [3.8, 4) is 17.8 Å². The number of nitrogens with zero attached hydrogens (tertiary/aromatic N) is 7. The van der Waals surface area contributed by atoms with Crippen LogP contribution in [-0.2, 0) is 13.0 Å². The Balaban J connectivity index is 0.00000160. The quantitative estimate of drug-likeness (QED) is 0.0686. The molecular weight excluding hydrogens is 768 g/mol. The van der Waals surface area contributed by atoms with Gasteiger partial charge in [-0.15, -0.1) is 0 Å². The number of aryl methyl sites for hydroxylation is 1. The zero-order valence-electron chi connectivity index (χ0n) is 33.3. The Morgan fingerprint density at radius 2 is 1.76 bits per heavy atom. The summed E-state index contributed by atoms with van der Waals surface area (Å²) in [6.07, 6.45) is 10.7. The molecule has 4 N–H and O–H groups in total. The first-order valence-corrected chi connectivity index (χ1v) is 20.4. The summed E-state index contributed by atoms with van der Waals surface area (Å²) in [5.74, 6) is 2.80. The highest BCUT2D eigenvalue weighted by molar-refractivity contribution is 6.31. The molecule has 1 aliphatic rings. The highest BCUT2D eigenvalue weighted by Crippen LogP contribution is 2.28. The van der Waals surface area contributed by atoms with Gasteiger partial charge in [0.05, 0.1) is 31.1 Å². The molecule has 0 spiro atoms. The topological polar surface area (TPSA) is 179 Å². The van der Waals surface area contributed by atoms with E-state index in [9.17, 15) is 10.1 Å². The number of aromatic nitrogens is 6. The van der Waals surface area contributed by atoms with Crippen LogP contribution in [0.25, 0.3) is 16.6 Å². The number of ether oxygens (including phenoxy) is 2. The minimum absolute atomic E-state index is 0. The Morgan fingerprint density at radius 1 is 0.983 bits per heavy atom. The molecule has 0 bridgehead atoms. The van der Waals surface area contributed by atoms with Gasteiger partial charge in [0.1, 0.15) is 23.4 Å². The molecule has 0 aliphatic carbocycles. The van der Waals surface area contributed by atoms with E-state index < -0.39 is 0 Å². The minimum atomic E-state index is -0.374. The number of hydrogen-bond donors (Lipinski definition) is 4. The molecule has 14 nitrogen and oxygen atoms in total. The molecule has 0 amide bonds. The SMILES string of the molecule is C.CCO.CCc1cnn2c(NCc3ccc(OCCCCCOc4nc(C#N)ccc4NC(C)c4cc5cc(Cl)ccc5[nH]c4=O)nc3)cc(N3CCCCC3)nc12. The third-order valence-electron chi connectivity index (χ3n) is 9.79. The van der Waals surface area contributed by atoms with Crippen LogP contribution >= 0.6 is 11.6 Å². The van der Waals surface area contributed by atoms with Crippen molar-refractivity contribution in [3.63, 3.8) is 0 Å². The molecule has 6 aromatic rings. The molecule has 1 saturated heterocycles. The number of aliphatic hydroxyl groups excluding tert-OH is 1. The normalized spacial score (nSPS) is 12.8. The maximum absolute atomic E-state index is 12.9. The maximum Gasteiger partial charge on any atom is 0.253 e. The number of pyridine rings is 3. The van der Waals surface area contributed by atoms with E-state index in [1.807, 2.05) is 48.1 Å². The van der Waals surface area contributed by atoms with Crippen LogP contribution in [0.3, 0.4) is 0 Å². The molecule has 15 heteroatoms. The van der Waals surface area contributed by atoms with Gasteiger partial charge >= 0.3 is 0 Å². The first kappa shape index (κ1) is 44.2. The van der Waals surface area contributed by atoms with Crippen molar-refractivity contribution in [2.75, 3.05) is 48.4 Å². The van der Waals surface area contributed by atoms with E-state index in [2.05, 4.69) is 54.6 Å². The second-order valence-corrected chi connectivity index (χ2v) is 14.5. The zero-order valence-corrected chi connectivity index (χ0v) is 34.1. The van der Waals surface area contributed by atoms with Crippen LogP contribution in [0.15, 0.2) is 71.8 Å². The van der Waals surface area contributed by atoms with E-state index >= 15 is 0 Å². The Morgan fingerprint density at radius 3 is 2.49 bits per heavy atom. The molecule has 5 aromatic heterocycles. The third-order valence-corrected chi connectivity index (χ3v) is 10.0. The molecule has 1 aromatic carbocycles.